The molecule has 0 amide bonds. The van der Waals surface area contributed by atoms with Gasteiger partial charge in [-0.15, -0.1) is 0 Å². The first kappa shape index (κ1) is 16.0. The summed E-state index contributed by atoms with van der Waals surface area (Å²) < 4.78 is 1.41. The fraction of sp³-hybridized carbons (Fsp3) is 0.417. The van der Waals surface area contributed by atoms with Gasteiger partial charge in [0, 0.05) is 6.54 Å². The number of fused-ring (bicyclic) bond motifs is 1. The summed E-state index contributed by atoms with van der Waals surface area (Å²) in [5.74, 6) is -3.65. The van der Waals surface area contributed by atoms with Gasteiger partial charge in [-0.2, -0.15) is 9.97 Å². The topological polar surface area (TPSA) is 144 Å². The second-order valence-electron chi connectivity index (χ2n) is 5.20. The molecule has 4 N–H and O–H groups in total. The van der Waals surface area contributed by atoms with Crippen molar-refractivity contribution in [2.24, 2.45) is 11.3 Å². The molecule has 0 radical (unpaired) electrons. The lowest BCUT2D eigenvalue weighted by atomic mass is 9.78. The normalized spacial score (nSPS) is 15.4. The number of nitrogen functional groups attached to an aromatic ring is 1. The van der Waals surface area contributed by atoms with Crippen molar-refractivity contribution in [1.29, 1.82) is 0 Å². The molecule has 0 fully saturated rings. The van der Waals surface area contributed by atoms with Crippen LogP contribution in [0.15, 0.2) is 6.33 Å². The van der Waals surface area contributed by atoms with Crippen LogP contribution in [-0.4, -0.2) is 41.7 Å². The summed E-state index contributed by atoms with van der Waals surface area (Å²) in [6.07, 6.45) is 1.33. The summed E-state index contributed by atoms with van der Waals surface area (Å²) in [6, 6.07) is 0. The molecule has 0 aliphatic rings. The summed E-state index contributed by atoms with van der Waals surface area (Å²) in [5, 5.41) is 18.6. The lowest BCUT2D eigenvalue weighted by Gasteiger charge is -2.29. The van der Waals surface area contributed by atoms with E-state index in [1.807, 2.05) is 0 Å². The van der Waals surface area contributed by atoms with Gasteiger partial charge in [0.1, 0.15) is 5.52 Å². The van der Waals surface area contributed by atoms with Gasteiger partial charge >= 0.3 is 11.9 Å². The molecule has 0 spiro atoms. The van der Waals surface area contributed by atoms with E-state index < -0.39 is 23.3 Å². The van der Waals surface area contributed by atoms with Gasteiger partial charge in [0.25, 0.3) is 0 Å². The van der Waals surface area contributed by atoms with Gasteiger partial charge in [0.15, 0.2) is 10.8 Å². The molecule has 2 aromatic heterocycles. The van der Waals surface area contributed by atoms with Crippen LogP contribution in [0.1, 0.15) is 13.8 Å². The van der Waals surface area contributed by atoms with Gasteiger partial charge in [0.05, 0.1) is 17.7 Å². The van der Waals surface area contributed by atoms with E-state index in [-0.39, 0.29) is 28.8 Å². The first-order valence-corrected chi connectivity index (χ1v) is 6.64. The Balaban J connectivity index is 2.52. The zero-order valence-corrected chi connectivity index (χ0v) is 12.6. The van der Waals surface area contributed by atoms with Crippen LogP contribution in [-0.2, 0) is 16.1 Å². The van der Waals surface area contributed by atoms with E-state index in [4.69, 9.17) is 22.4 Å². The highest BCUT2D eigenvalue weighted by Gasteiger charge is 2.43. The Morgan fingerprint density at radius 3 is 2.64 bits per heavy atom. The minimum Gasteiger partial charge on any atom is -0.481 e. The van der Waals surface area contributed by atoms with Gasteiger partial charge in [-0.1, -0.05) is 18.5 Å². The average Bonchev–Trinajstić information content (AvgIpc) is 2.80. The van der Waals surface area contributed by atoms with Crippen molar-refractivity contribution in [3.05, 3.63) is 11.5 Å². The molecular weight excluding hydrogens is 314 g/mol. The van der Waals surface area contributed by atoms with E-state index in [2.05, 4.69) is 15.0 Å². The largest absolute Gasteiger partial charge is 0.481 e. The van der Waals surface area contributed by atoms with E-state index in [0.717, 1.165) is 0 Å². The summed E-state index contributed by atoms with van der Waals surface area (Å²) in [4.78, 5) is 34.5. The van der Waals surface area contributed by atoms with Crippen LogP contribution in [0.2, 0.25) is 5.15 Å². The highest BCUT2D eigenvalue weighted by molar-refractivity contribution is 6.33. The Labute approximate surface area is 129 Å². The van der Waals surface area contributed by atoms with Crippen LogP contribution in [0.3, 0.4) is 0 Å². The van der Waals surface area contributed by atoms with Gasteiger partial charge in [-0.05, 0) is 6.92 Å². The SMILES string of the molecule is CC(C(=O)O)C(C)(Cn1cnc2c(Cl)nc(N)nc21)C(=O)O. The fourth-order valence-corrected chi connectivity index (χ4v) is 2.28. The van der Waals surface area contributed by atoms with Crippen LogP contribution in [0.25, 0.3) is 11.2 Å². The van der Waals surface area contributed by atoms with Gasteiger partial charge in [-0.3, -0.25) is 9.59 Å². The van der Waals surface area contributed by atoms with Crippen molar-refractivity contribution < 1.29 is 19.8 Å². The van der Waals surface area contributed by atoms with Crippen LogP contribution in [0, 0.1) is 11.3 Å². The number of nitrogens with zero attached hydrogens (tertiary/aromatic N) is 4. The van der Waals surface area contributed by atoms with Crippen LogP contribution in [0.5, 0.6) is 0 Å². The molecule has 0 aliphatic carbocycles. The molecule has 2 unspecified atom stereocenters. The van der Waals surface area contributed by atoms with Crippen molar-refractivity contribution in [3.8, 4) is 0 Å². The van der Waals surface area contributed by atoms with Crippen molar-refractivity contribution in [3.63, 3.8) is 0 Å². The van der Waals surface area contributed by atoms with E-state index in [9.17, 15) is 14.7 Å². The van der Waals surface area contributed by atoms with E-state index in [0.29, 0.717) is 0 Å². The molecule has 118 valence electrons. The number of imidazole rings is 1. The number of rotatable bonds is 5. The van der Waals surface area contributed by atoms with Crippen LogP contribution >= 0.6 is 11.6 Å². The number of hydrogen-bond acceptors (Lipinski definition) is 6. The summed E-state index contributed by atoms with van der Waals surface area (Å²) >= 11 is 5.91. The molecular formula is C12H14ClN5O4. The minimum atomic E-state index is -1.56. The monoisotopic (exact) mass is 327 g/mol. The third-order valence-corrected chi connectivity index (χ3v) is 4.02. The van der Waals surface area contributed by atoms with E-state index in [1.54, 1.807) is 0 Å². The predicted octanol–water partition coefficient (Wildman–Crippen LogP) is 0.873. The van der Waals surface area contributed by atoms with Crippen LogP contribution < -0.4 is 5.73 Å². The minimum absolute atomic E-state index is 0.0459. The number of carboxylic acid groups (broad SMARTS) is 2. The zero-order chi connectivity index (χ0) is 16.7. The van der Waals surface area contributed by atoms with Crippen molar-refractivity contribution in [2.75, 3.05) is 5.73 Å². The van der Waals surface area contributed by atoms with Crippen LogP contribution in [0.4, 0.5) is 5.95 Å². The summed E-state index contributed by atoms with van der Waals surface area (Å²) in [7, 11) is 0. The molecule has 9 nitrogen and oxygen atoms in total. The molecule has 0 aromatic carbocycles. The number of aliphatic carboxylic acids is 2. The zero-order valence-electron chi connectivity index (χ0n) is 11.8. The van der Waals surface area contributed by atoms with Crippen molar-refractivity contribution in [2.45, 2.75) is 20.4 Å². The predicted molar refractivity (Wildman–Crippen MR) is 77.3 cm³/mol. The number of carbonyl (C=O) groups is 2. The molecule has 22 heavy (non-hydrogen) atoms. The maximum absolute atomic E-state index is 11.6. The number of hydrogen-bond donors (Lipinski definition) is 3. The Bertz CT molecular complexity index is 761. The lowest BCUT2D eigenvalue weighted by molar-refractivity contribution is -0.161. The number of carboxylic acids is 2. The van der Waals surface area contributed by atoms with E-state index >= 15 is 0 Å². The van der Waals surface area contributed by atoms with Gasteiger partial charge in [0.2, 0.25) is 5.95 Å². The first-order chi connectivity index (χ1) is 10.2. The average molecular weight is 328 g/mol. The maximum Gasteiger partial charge on any atom is 0.312 e. The number of nitrogens with two attached hydrogens (primary N) is 1. The third kappa shape index (κ3) is 2.54. The highest BCUT2D eigenvalue weighted by Crippen LogP contribution is 2.32. The Hall–Kier alpha value is -2.42. The maximum atomic E-state index is 11.6. The molecule has 2 atom stereocenters. The smallest absolute Gasteiger partial charge is 0.312 e. The Morgan fingerprint density at radius 2 is 2.09 bits per heavy atom. The molecule has 10 heteroatoms. The van der Waals surface area contributed by atoms with Gasteiger partial charge in [-0.25, -0.2) is 4.98 Å². The molecule has 0 saturated carbocycles. The van der Waals surface area contributed by atoms with Crippen molar-refractivity contribution >= 4 is 40.7 Å². The van der Waals surface area contributed by atoms with Gasteiger partial charge < -0.3 is 20.5 Å². The second kappa shape index (κ2) is 5.41. The number of anilines is 1. The molecule has 2 aromatic rings. The second-order valence-corrected chi connectivity index (χ2v) is 5.56. The van der Waals surface area contributed by atoms with E-state index in [1.165, 1.54) is 24.7 Å². The number of halogens is 1. The quantitative estimate of drug-likeness (QED) is 0.686. The molecule has 0 saturated heterocycles. The third-order valence-electron chi connectivity index (χ3n) is 3.75. The number of aromatic nitrogens is 4. The lowest BCUT2D eigenvalue weighted by Crippen LogP contribution is -2.42. The molecule has 0 bridgehead atoms. The standard InChI is InChI=1S/C12H14ClN5O4/c1-5(9(19)20)12(2,10(21)22)3-18-4-15-6-7(13)16-11(14)17-8(6)18/h4-5H,3H2,1-2H3,(H,19,20)(H,21,22)(H2,14,16,17). The fourth-order valence-electron chi connectivity index (χ4n) is 2.06. The molecule has 2 heterocycles. The Kier molecular flexibility index (Phi) is 3.92. The Morgan fingerprint density at radius 1 is 1.45 bits per heavy atom. The highest BCUT2D eigenvalue weighted by atomic mass is 35.5. The summed E-state index contributed by atoms with van der Waals surface area (Å²) in [5.41, 5.74) is 4.48. The summed E-state index contributed by atoms with van der Waals surface area (Å²) in [6.45, 7) is 2.54. The van der Waals surface area contributed by atoms with Crippen molar-refractivity contribution in [1.82, 2.24) is 19.5 Å². The molecule has 0 aliphatic heterocycles. The molecule has 2 rings (SSSR count). The first-order valence-electron chi connectivity index (χ1n) is 6.27.